The first-order valence-electron chi connectivity index (χ1n) is 4.08. The van der Waals surface area contributed by atoms with Gasteiger partial charge in [-0.1, -0.05) is 5.92 Å². The van der Waals surface area contributed by atoms with Crippen molar-refractivity contribution in [2.24, 2.45) is 0 Å². The minimum Gasteiger partial charge on any atom is -0.377 e. The Morgan fingerprint density at radius 2 is 2.45 bits per heavy atom. The summed E-state index contributed by atoms with van der Waals surface area (Å²) < 4.78 is 5.38. The van der Waals surface area contributed by atoms with Gasteiger partial charge in [-0.3, -0.25) is 5.32 Å². The highest BCUT2D eigenvalue weighted by Gasteiger charge is 2.24. The van der Waals surface area contributed by atoms with Crippen molar-refractivity contribution < 1.29 is 4.74 Å². The van der Waals surface area contributed by atoms with Gasteiger partial charge in [0, 0.05) is 12.6 Å². The SMILES string of the molecule is C#CC(C)NC1CCOC1C. The molecule has 1 N–H and O–H groups in total. The summed E-state index contributed by atoms with van der Waals surface area (Å²) in [6.45, 7) is 4.93. The fourth-order valence-corrected chi connectivity index (χ4v) is 1.32. The van der Waals surface area contributed by atoms with Crippen LogP contribution >= 0.6 is 0 Å². The van der Waals surface area contributed by atoms with Gasteiger partial charge in [0.05, 0.1) is 12.1 Å². The molecule has 0 saturated carbocycles. The summed E-state index contributed by atoms with van der Waals surface area (Å²) in [7, 11) is 0. The molecule has 2 nitrogen and oxygen atoms in total. The Bertz CT molecular complexity index is 161. The molecule has 3 unspecified atom stereocenters. The second kappa shape index (κ2) is 3.75. The molecule has 11 heavy (non-hydrogen) atoms. The number of rotatable bonds is 2. The predicted octanol–water partition coefficient (Wildman–Crippen LogP) is 0.775. The van der Waals surface area contributed by atoms with Gasteiger partial charge in [-0.2, -0.15) is 0 Å². The molecule has 1 aliphatic heterocycles. The average Bonchev–Trinajstić information content (AvgIpc) is 2.37. The zero-order valence-corrected chi connectivity index (χ0v) is 7.13. The van der Waals surface area contributed by atoms with E-state index < -0.39 is 0 Å². The van der Waals surface area contributed by atoms with Gasteiger partial charge in [0.1, 0.15) is 0 Å². The molecule has 2 heteroatoms. The fourth-order valence-electron chi connectivity index (χ4n) is 1.32. The highest BCUT2D eigenvalue weighted by atomic mass is 16.5. The molecule has 0 amide bonds. The monoisotopic (exact) mass is 153 g/mol. The Morgan fingerprint density at radius 3 is 2.91 bits per heavy atom. The zero-order chi connectivity index (χ0) is 8.27. The summed E-state index contributed by atoms with van der Waals surface area (Å²) in [6.07, 6.45) is 6.63. The molecule has 1 rings (SSSR count). The van der Waals surface area contributed by atoms with Crippen LogP contribution in [0.5, 0.6) is 0 Å². The lowest BCUT2D eigenvalue weighted by Crippen LogP contribution is -2.39. The van der Waals surface area contributed by atoms with Crippen LogP contribution in [-0.4, -0.2) is 24.8 Å². The molecule has 0 aromatic heterocycles. The van der Waals surface area contributed by atoms with E-state index in [1.165, 1.54) is 0 Å². The summed E-state index contributed by atoms with van der Waals surface area (Å²) >= 11 is 0. The van der Waals surface area contributed by atoms with E-state index in [0.29, 0.717) is 12.1 Å². The Morgan fingerprint density at radius 1 is 1.73 bits per heavy atom. The Labute approximate surface area is 68.3 Å². The second-order valence-corrected chi connectivity index (χ2v) is 3.03. The van der Waals surface area contributed by atoms with Crippen LogP contribution < -0.4 is 5.32 Å². The van der Waals surface area contributed by atoms with E-state index >= 15 is 0 Å². The van der Waals surface area contributed by atoms with Gasteiger partial charge in [0.15, 0.2) is 0 Å². The van der Waals surface area contributed by atoms with E-state index in [1.807, 2.05) is 6.92 Å². The van der Waals surface area contributed by atoms with E-state index in [1.54, 1.807) is 0 Å². The molecule has 3 atom stereocenters. The van der Waals surface area contributed by atoms with Gasteiger partial charge >= 0.3 is 0 Å². The van der Waals surface area contributed by atoms with Crippen LogP contribution in [0.25, 0.3) is 0 Å². The van der Waals surface area contributed by atoms with Crippen molar-refractivity contribution in [3.63, 3.8) is 0 Å². The fraction of sp³-hybridized carbons (Fsp3) is 0.778. The van der Waals surface area contributed by atoms with Crippen molar-refractivity contribution in [1.29, 1.82) is 0 Å². The molecule has 0 aromatic carbocycles. The minimum atomic E-state index is 0.157. The van der Waals surface area contributed by atoms with Crippen molar-refractivity contribution >= 4 is 0 Å². The summed E-state index contributed by atoms with van der Waals surface area (Å²) in [4.78, 5) is 0. The van der Waals surface area contributed by atoms with Gasteiger partial charge in [0.25, 0.3) is 0 Å². The van der Waals surface area contributed by atoms with Crippen molar-refractivity contribution in [2.45, 2.75) is 38.5 Å². The maximum absolute atomic E-state index is 5.38. The molecule has 0 spiro atoms. The number of ether oxygens (including phenoxy) is 1. The van der Waals surface area contributed by atoms with E-state index in [0.717, 1.165) is 13.0 Å². The Kier molecular flexibility index (Phi) is 2.92. The largest absolute Gasteiger partial charge is 0.377 e. The molecule has 0 aliphatic carbocycles. The van der Waals surface area contributed by atoms with Crippen molar-refractivity contribution in [3.05, 3.63) is 0 Å². The summed E-state index contributed by atoms with van der Waals surface area (Å²) in [5, 5.41) is 3.32. The summed E-state index contributed by atoms with van der Waals surface area (Å²) in [6, 6.07) is 0.602. The van der Waals surface area contributed by atoms with Gasteiger partial charge < -0.3 is 4.74 Å². The molecular formula is C9H15NO. The van der Waals surface area contributed by atoms with E-state index in [9.17, 15) is 0 Å². The second-order valence-electron chi connectivity index (χ2n) is 3.03. The standard InChI is InChI=1S/C9H15NO/c1-4-7(2)10-9-5-6-11-8(9)3/h1,7-10H,5-6H2,2-3H3. The van der Waals surface area contributed by atoms with Gasteiger partial charge in [-0.25, -0.2) is 0 Å². The van der Waals surface area contributed by atoms with Crippen LogP contribution in [0.3, 0.4) is 0 Å². The van der Waals surface area contributed by atoms with Crippen molar-refractivity contribution in [1.82, 2.24) is 5.32 Å². The number of hydrogen-bond donors (Lipinski definition) is 1. The molecule has 0 radical (unpaired) electrons. The molecule has 1 fully saturated rings. The molecule has 1 saturated heterocycles. The highest BCUT2D eigenvalue weighted by molar-refractivity contribution is 4.98. The summed E-state index contributed by atoms with van der Waals surface area (Å²) in [5.74, 6) is 2.65. The molecule has 62 valence electrons. The quantitative estimate of drug-likeness (QED) is 0.592. The predicted molar refractivity (Wildman–Crippen MR) is 45.2 cm³/mol. The molecule has 0 bridgehead atoms. The first-order valence-corrected chi connectivity index (χ1v) is 4.08. The summed E-state index contributed by atoms with van der Waals surface area (Å²) in [5.41, 5.74) is 0. The normalized spacial score (nSPS) is 33.2. The molecular weight excluding hydrogens is 138 g/mol. The van der Waals surface area contributed by atoms with Crippen LogP contribution in [0.1, 0.15) is 20.3 Å². The molecule has 1 heterocycles. The molecule has 1 aliphatic rings. The lowest BCUT2D eigenvalue weighted by atomic mass is 10.1. The minimum absolute atomic E-state index is 0.157. The van der Waals surface area contributed by atoms with E-state index in [4.69, 9.17) is 11.2 Å². The Balaban J connectivity index is 2.32. The first-order chi connectivity index (χ1) is 5.24. The first kappa shape index (κ1) is 8.58. The van der Waals surface area contributed by atoms with E-state index in [-0.39, 0.29) is 6.04 Å². The third-order valence-corrected chi connectivity index (χ3v) is 2.09. The van der Waals surface area contributed by atoms with Crippen LogP contribution in [0.4, 0.5) is 0 Å². The smallest absolute Gasteiger partial charge is 0.0701 e. The van der Waals surface area contributed by atoms with Crippen LogP contribution in [0.15, 0.2) is 0 Å². The number of nitrogens with one attached hydrogen (secondary N) is 1. The highest BCUT2D eigenvalue weighted by Crippen LogP contribution is 2.12. The maximum atomic E-state index is 5.38. The lowest BCUT2D eigenvalue weighted by Gasteiger charge is -2.17. The molecule has 0 aromatic rings. The number of terminal acetylenes is 1. The van der Waals surface area contributed by atoms with Gasteiger partial charge in [-0.05, 0) is 20.3 Å². The maximum Gasteiger partial charge on any atom is 0.0701 e. The van der Waals surface area contributed by atoms with Gasteiger partial charge in [0.2, 0.25) is 0 Å². The third-order valence-electron chi connectivity index (χ3n) is 2.09. The van der Waals surface area contributed by atoms with Crippen LogP contribution in [-0.2, 0) is 4.74 Å². The van der Waals surface area contributed by atoms with E-state index in [2.05, 4.69) is 18.2 Å². The lowest BCUT2D eigenvalue weighted by molar-refractivity contribution is 0.112. The van der Waals surface area contributed by atoms with Crippen LogP contribution in [0.2, 0.25) is 0 Å². The third kappa shape index (κ3) is 2.21. The Hall–Kier alpha value is -0.520. The van der Waals surface area contributed by atoms with Crippen molar-refractivity contribution in [2.75, 3.05) is 6.61 Å². The van der Waals surface area contributed by atoms with Crippen LogP contribution in [0, 0.1) is 12.3 Å². The van der Waals surface area contributed by atoms with Crippen molar-refractivity contribution in [3.8, 4) is 12.3 Å². The zero-order valence-electron chi connectivity index (χ0n) is 7.13. The van der Waals surface area contributed by atoms with Gasteiger partial charge in [-0.15, -0.1) is 6.42 Å². The number of hydrogen-bond acceptors (Lipinski definition) is 2. The average molecular weight is 153 g/mol. The topological polar surface area (TPSA) is 21.3 Å².